The molecule has 2 aliphatic carbocycles. The third kappa shape index (κ3) is 8.36. The number of nitrogens with zero attached hydrogens (tertiary/aromatic N) is 4. The van der Waals surface area contributed by atoms with E-state index in [2.05, 4.69) is 34.9 Å². The lowest BCUT2D eigenvalue weighted by Crippen LogP contribution is -2.57. The highest BCUT2D eigenvalue weighted by atomic mass is 19.1. The van der Waals surface area contributed by atoms with Crippen molar-refractivity contribution in [3.05, 3.63) is 42.0 Å². The number of amides is 4. The number of aromatic nitrogens is 2. The summed E-state index contributed by atoms with van der Waals surface area (Å²) < 4.78 is 17.5. The van der Waals surface area contributed by atoms with Crippen LogP contribution in [0.3, 0.4) is 0 Å². The van der Waals surface area contributed by atoms with Gasteiger partial charge in [-0.2, -0.15) is 5.10 Å². The molecule has 0 unspecified atom stereocenters. The van der Waals surface area contributed by atoms with Crippen molar-refractivity contribution >= 4 is 35.0 Å². The summed E-state index contributed by atoms with van der Waals surface area (Å²) in [5, 5.41) is 13.0. The van der Waals surface area contributed by atoms with Gasteiger partial charge < -0.3 is 25.8 Å². The van der Waals surface area contributed by atoms with Crippen molar-refractivity contribution < 1.29 is 23.6 Å². The molecule has 3 fully saturated rings. The predicted molar refractivity (Wildman–Crippen MR) is 183 cm³/mol. The SMILES string of the molecule is CCC(=O)N[C@@H](C(=O)N1CCC(C)CC1)N(C)c1ccc(NC(=O)[C@@H](NC(=O)c2ccnn2C2CCCC2)C2CCC(C)CC2)c(F)c1. The molecule has 5 rings (SSSR count). The van der Waals surface area contributed by atoms with Gasteiger partial charge in [-0.25, -0.2) is 4.39 Å². The van der Waals surface area contributed by atoms with Gasteiger partial charge in [0.05, 0.1) is 11.7 Å². The van der Waals surface area contributed by atoms with Gasteiger partial charge in [-0.3, -0.25) is 23.9 Å². The second-order valence-electron chi connectivity index (χ2n) is 14.2. The molecule has 2 heterocycles. The molecular weight excluding hydrogens is 613 g/mol. The van der Waals surface area contributed by atoms with E-state index in [0.29, 0.717) is 36.3 Å². The summed E-state index contributed by atoms with van der Waals surface area (Å²) in [6, 6.07) is 5.34. The monoisotopic (exact) mass is 665 g/mol. The maximum atomic E-state index is 15.7. The standard InChI is InChI=1S/C36H52FN7O4/c1-5-31(45)40-33(36(48)43-20-17-24(3)18-21-43)42(4)27-14-15-29(28(37)22-27)39-35(47)32(25-12-10-23(2)11-13-25)41-34(46)30-16-19-38-44(30)26-8-6-7-9-26/h14-16,19,22-26,32-33H,5-13,17-18,20-21H2,1-4H3,(H,39,47)(H,40,45)(H,41,46)/t23?,25?,32-,33+/m0/s1. The van der Waals surface area contributed by atoms with Crippen molar-refractivity contribution in [3.63, 3.8) is 0 Å². The Hall–Kier alpha value is -3.96. The van der Waals surface area contributed by atoms with Crippen LogP contribution in [0.1, 0.15) is 108 Å². The first-order valence-corrected chi connectivity index (χ1v) is 17.8. The normalized spacial score (nSPS) is 21.7. The maximum absolute atomic E-state index is 15.7. The van der Waals surface area contributed by atoms with Crippen LogP contribution in [0, 0.1) is 23.6 Å². The smallest absolute Gasteiger partial charge is 0.270 e. The van der Waals surface area contributed by atoms with E-state index in [9.17, 15) is 19.2 Å². The van der Waals surface area contributed by atoms with Crippen LogP contribution in [0.25, 0.3) is 0 Å². The van der Waals surface area contributed by atoms with E-state index in [1.165, 1.54) is 12.1 Å². The number of hydrogen-bond acceptors (Lipinski definition) is 6. The molecule has 3 N–H and O–H groups in total. The minimum absolute atomic E-state index is 0.0259. The number of carbonyl (C=O) groups is 4. The van der Waals surface area contributed by atoms with Gasteiger partial charge in [-0.05, 0) is 80.5 Å². The van der Waals surface area contributed by atoms with Crippen LogP contribution in [0.2, 0.25) is 0 Å². The van der Waals surface area contributed by atoms with E-state index < -0.39 is 23.9 Å². The van der Waals surface area contributed by atoms with Crippen molar-refractivity contribution in [1.29, 1.82) is 0 Å². The molecular formula is C36H52FN7O4. The van der Waals surface area contributed by atoms with Crippen LogP contribution in [-0.2, 0) is 14.4 Å². The number of rotatable bonds is 11. The number of anilines is 2. The maximum Gasteiger partial charge on any atom is 0.270 e. The van der Waals surface area contributed by atoms with Gasteiger partial charge in [-0.1, -0.05) is 46.5 Å². The molecule has 11 nitrogen and oxygen atoms in total. The summed E-state index contributed by atoms with van der Waals surface area (Å²) in [6.45, 7) is 7.27. The highest BCUT2D eigenvalue weighted by Gasteiger charge is 2.35. The van der Waals surface area contributed by atoms with Crippen molar-refractivity contribution in [2.75, 3.05) is 30.4 Å². The second kappa shape index (κ2) is 16.0. The van der Waals surface area contributed by atoms with Crippen LogP contribution in [-0.4, -0.2) is 70.7 Å². The molecule has 1 aliphatic heterocycles. The Kier molecular flexibility index (Phi) is 11.8. The first-order valence-electron chi connectivity index (χ1n) is 17.8. The van der Waals surface area contributed by atoms with Crippen molar-refractivity contribution in [1.82, 2.24) is 25.3 Å². The number of nitrogens with one attached hydrogen (secondary N) is 3. The fourth-order valence-corrected chi connectivity index (χ4v) is 7.33. The summed E-state index contributed by atoms with van der Waals surface area (Å²) in [6.07, 6.45) is 10.2. The zero-order valence-corrected chi connectivity index (χ0v) is 28.8. The number of benzene rings is 1. The fourth-order valence-electron chi connectivity index (χ4n) is 7.33. The van der Waals surface area contributed by atoms with Gasteiger partial charge in [-0.15, -0.1) is 0 Å². The topological polar surface area (TPSA) is 129 Å². The number of likely N-dealkylation sites (tertiary alicyclic amines) is 1. The van der Waals surface area contributed by atoms with Crippen molar-refractivity contribution in [2.24, 2.45) is 17.8 Å². The lowest BCUT2D eigenvalue weighted by Gasteiger charge is -2.37. The highest BCUT2D eigenvalue weighted by Crippen LogP contribution is 2.33. The average molecular weight is 666 g/mol. The molecule has 48 heavy (non-hydrogen) atoms. The van der Waals surface area contributed by atoms with E-state index in [1.54, 1.807) is 46.8 Å². The number of likely N-dealkylation sites (N-methyl/N-ethyl adjacent to an activating group) is 1. The van der Waals surface area contributed by atoms with E-state index in [4.69, 9.17) is 0 Å². The Morgan fingerprint density at radius 3 is 2.25 bits per heavy atom. The van der Waals surface area contributed by atoms with Gasteiger partial charge in [0.25, 0.3) is 11.8 Å². The highest BCUT2D eigenvalue weighted by molar-refractivity contribution is 6.01. The molecule has 2 aromatic rings. The van der Waals surface area contributed by atoms with Gasteiger partial charge in [0.1, 0.15) is 17.6 Å². The summed E-state index contributed by atoms with van der Waals surface area (Å²) in [4.78, 5) is 56.7. The molecule has 12 heteroatoms. The minimum atomic E-state index is -1.00. The first kappa shape index (κ1) is 35.3. The van der Waals surface area contributed by atoms with Crippen LogP contribution in [0.5, 0.6) is 0 Å². The summed E-state index contributed by atoms with van der Waals surface area (Å²) >= 11 is 0. The number of carbonyl (C=O) groups excluding carboxylic acids is 4. The average Bonchev–Trinajstić information content (AvgIpc) is 3.80. The Morgan fingerprint density at radius 2 is 1.60 bits per heavy atom. The molecule has 262 valence electrons. The largest absolute Gasteiger partial charge is 0.346 e. The Balaban J connectivity index is 1.32. The second-order valence-corrected chi connectivity index (χ2v) is 14.2. The summed E-state index contributed by atoms with van der Waals surface area (Å²) in [5.41, 5.74) is 0.778. The van der Waals surface area contributed by atoms with Crippen LogP contribution >= 0.6 is 0 Å². The number of halogens is 1. The number of piperidine rings is 1. The summed E-state index contributed by atoms with van der Waals surface area (Å²) in [7, 11) is 1.64. The molecule has 0 bridgehead atoms. The zero-order valence-electron chi connectivity index (χ0n) is 28.8. The minimum Gasteiger partial charge on any atom is -0.346 e. The van der Waals surface area contributed by atoms with Crippen molar-refractivity contribution in [3.8, 4) is 0 Å². The predicted octanol–water partition coefficient (Wildman–Crippen LogP) is 5.25. The van der Waals surface area contributed by atoms with Crippen molar-refractivity contribution in [2.45, 2.75) is 110 Å². The Bertz CT molecular complexity index is 1440. The van der Waals surface area contributed by atoms with E-state index in [0.717, 1.165) is 64.2 Å². The van der Waals surface area contributed by atoms with Crippen LogP contribution < -0.4 is 20.9 Å². The molecule has 1 aromatic carbocycles. The van der Waals surface area contributed by atoms with Crippen LogP contribution in [0.15, 0.2) is 30.5 Å². The third-order valence-corrected chi connectivity index (χ3v) is 10.6. The van der Waals surface area contributed by atoms with E-state index in [1.807, 2.05) is 0 Å². The summed E-state index contributed by atoms with van der Waals surface area (Å²) in [5.74, 6) is -1.06. The van der Waals surface area contributed by atoms with E-state index >= 15 is 4.39 Å². The fraction of sp³-hybridized carbons (Fsp3) is 0.639. The van der Waals surface area contributed by atoms with Gasteiger partial charge in [0.2, 0.25) is 11.8 Å². The lowest BCUT2D eigenvalue weighted by atomic mass is 9.79. The molecule has 1 aromatic heterocycles. The molecule has 3 aliphatic rings. The zero-order chi connectivity index (χ0) is 34.4. The van der Waals surface area contributed by atoms with Gasteiger partial charge in [0, 0.05) is 38.4 Å². The molecule has 4 amide bonds. The first-order chi connectivity index (χ1) is 23.0. The van der Waals surface area contributed by atoms with Gasteiger partial charge >= 0.3 is 0 Å². The Labute approximate surface area is 283 Å². The van der Waals surface area contributed by atoms with E-state index in [-0.39, 0.29) is 41.8 Å². The number of hydrogen-bond donors (Lipinski definition) is 3. The molecule has 0 spiro atoms. The molecule has 1 saturated heterocycles. The molecule has 2 atom stereocenters. The Morgan fingerprint density at radius 1 is 0.938 bits per heavy atom. The lowest BCUT2D eigenvalue weighted by molar-refractivity contribution is -0.137. The molecule has 2 saturated carbocycles. The van der Waals surface area contributed by atoms with Gasteiger partial charge in [0.15, 0.2) is 6.17 Å². The third-order valence-electron chi connectivity index (χ3n) is 10.6. The molecule has 0 radical (unpaired) electrons. The van der Waals surface area contributed by atoms with Crippen LogP contribution in [0.4, 0.5) is 15.8 Å². The quantitative estimate of drug-likeness (QED) is 0.282.